The highest BCUT2D eigenvalue weighted by atomic mass is 32.1. The van der Waals surface area contributed by atoms with Crippen LogP contribution in [0.2, 0.25) is 0 Å². The van der Waals surface area contributed by atoms with E-state index in [2.05, 4.69) is 49.7 Å². The van der Waals surface area contributed by atoms with E-state index in [0.717, 1.165) is 15.9 Å². The zero-order valence-corrected chi connectivity index (χ0v) is 13.2. The summed E-state index contributed by atoms with van der Waals surface area (Å²) in [6.07, 6.45) is 0. The van der Waals surface area contributed by atoms with E-state index in [1.165, 1.54) is 11.3 Å². The number of aromatic nitrogens is 2. The van der Waals surface area contributed by atoms with Crippen LogP contribution in [0.15, 0.2) is 34.6 Å². The maximum Gasteiger partial charge on any atom is 0.483 e. The van der Waals surface area contributed by atoms with E-state index in [1.54, 1.807) is 24.3 Å². The average Bonchev–Trinajstić information content (AvgIpc) is 2.98. The summed E-state index contributed by atoms with van der Waals surface area (Å²) in [5, 5.41) is 14.5. The molecule has 1 N–H and O–H groups in total. The van der Waals surface area contributed by atoms with Gasteiger partial charge in [0.2, 0.25) is 5.95 Å². The molecule has 2 heterocycles. The van der Waals surface area contributed by atoms with E-state index in [9.17, 15) is 0 Å². The van der Waals surface area contributed by atoms with Crippen LogP contribution in [0.25, 0.3) is 10.2 Å². The Balaban J connectivity index is 2.00. The quantitative estimate of drug-likeness (QED) is 0.590. The minimum Gasteiger partial charge on any atom is -0.639 e. The van der Waals surface area contributed by atoms with Crippen molar-refractivity contribution in [1.82, 2.24) is 9.97 Å². The van der Waals surface area contributed by atoms with Crippen molar-refractivity contribution in [1.29, 1.82) is 5.26 Å². The zero-order chi connectivity index (χ0) is 15.5. The molecule has 3 aromatic rings. The second-order valence-corrected chi connectivity index (χ2v) is 5.34. The van der Waals surface area contributed by atoms with E-state index in [-0.39, 0.29) is 0 Å². The molecule has 1 aromatic carbocycles. The van der Waals surface area contributed by atoms with Gasteiger partial charge >= 0.3 is 16.6 Å². The average molecular weight is 321 g/mol. The maximum absolute atomic E-state index is 8.80. The molecule has 3 rings (SSSR count). The molecule has 0 aliphatic rings. The molecule has 0 bridgehead atoms. The van der Waals surface area contributed by atoms with Crippen LogP contribution < -0.4 is 9.11 Å². The number of anilines is 2. The van der Waals surface area contributed by atoms with Gasteiger partial charge in [-0.25, -0.2) is 4.98 Å². The summed E-state index contributed by atoms with van der Waals surface area (Å²) in [5.74, 6) is 0.821. The fourth-order valence-corrected chi connectivity index (χ4v) is 2.95. The molecular weight excluding hydrogens is 313 g/mol. The number of nitrogens with one attached hydrogen (secondary N) is 1. The van der Waals surface area contributed by atoms with Gasteiger partial charge in [0.15, 0.2) is 5.88 Å². The van der Waals surface area contributed by atoms with Crippen molar-refractivity contribution < 1.29 is 3.79 Å². The molecule has 0 atom stereocenters. The highest BCUT2D eigenvalue weighted by molar-refractivity contribution is 7.17. The van der Waals surface area contributed by atoms with Crippen molar-refractivity contribution in [2.45, 2.75) is 0 Å². The monoisotopic (exact) mass is 321 g/mol. The first kappa shape index (κ1) is 14.5. The molecule has 6 nitrogen and oxygen atoms in total. The largest absolute Gasteiger partial charge is 0.639 e. The molecule has 22 heavy (non-hydrogen) atoms. The minimum absolute atomic E-state index is 0.409. The molecule has 0 amide bonds. The highest BCUT2D eigenvalue weighted by Gasteiger charge is 2.13. The fourth-order valence-electron chi connectivity index (χ4n) is 1.91. The lowest BCUT2D eigenvalue weighted by Crippen LogP contribution is -1.99. The Morgan fingerprint density at radius 1 is 1.32 bits per heavy atom. The first-order valence-electron chi connectivity index (χ1n) is 6.15. The summed E-state index contributed by atoms with van der Waals surface area (Å²) in [4.78, 5) is 13.5. The number of rotatable bonds is 4. The lowest BCUT2D eigenvalue weighted by Gasteiger charge is -2.09. The lowest BCUT2D eigenvalue weighted by atomic mass is 10.2. The second-order valence-electron chi connectivity index (χ2n) is 4.24. The predicted molar refractivity (Wildman–Crippen MR) is 87.4 cm³/mol. The molecule has 0 aliphatic heterocycles. The van der Waals surface area contributed by atoms with Crippen LogP contribution in [-0.2, 0) is 0 Å². The Kier molecular flexibility index (Phi) is 4.03. The van der Waals surface area contributed by atoms with Crippen molar-refractivity contribution in [2.24, 2.45) is 4.99 Å². The van der Waals surface area contributed by atoms with Gasteiger partial charge in [-0.15, -0.1) is 11.3 Å². The Labute approximate surface area is 138 Å². The Bertz CT molecular complexity index is 885. The molecule has 2 aromatic heterocycles. The van der Waals surface area contributed by atoms with Crippen molar-refractivity contribution >= 4 is 62.2 Å². The fraction of sp³-hybridized carbons (Fsp3) is 0. The number of hydrogen-bond donors (Lipinski definition) is 1. The van der Waals surface area contributed by atoms with Gasteiger partial charge in [-0.05, 0) is 31.0 Å². The molecule has 0 spiro atoms. The van der Waals surface area contributed by atoms with Crippen LogP contribution in [0.4, 0.5) is 17.3 Å². The third-order valence-corrected chi connectivity index (χ3v) is 4.02. The van der Waals surface area contributed by atoms with Crippen molar-refractivity contribution in [3.63, 3.8) is 0 Å². The van der Waals surface area contributed by atoms with Crippen molar-refractivity contribution in [3.8, 4) is 11.9 Å². The van der Waals surface area contributed by atoms with Crippen LogP contribution >= 0.6 is 11.3 Å². The van der Waals surface area contributed by atoms with Gasteiger partial charge in [-0.1, -0.05) is 0 Å². The van der Waals surface area contributed by atoms with Crippen LogP contribution in [0, 0.1) is 11.3 Å². The Morgan fingerprint density at radius 3 is 2.73 bits per heavy atom. The molecule has 0 saturated heterocycles. The van der Waals surface area contributed by atoms with E-state index in [4.69, 9.17) is 9.05 Å². The van der Waals surface area contributed by atoms with Gasteiger partial charge in [0, 0.05) is 11.1 Å². The summed E-state index contributed by atoms with van der Waals surface area (Å²) < 4.78 is 5.24. The van der Waals surface area contributed by atoms with Crippen molar-refractivity contribution in [2.75, 3.05) is 5.32 Å². The zero-order valence-electron chi connectivity index (χ0n) is 11.3. The van der Waals surface area contributed by atoms with Gasteiger partial charge in [0.05, 0.1) is 22.7 Å². The van der Waals surface area contributed by atoms with E-state index < -0.39 is 0 Å². The molecule has 0 aliphatic carbocycles. The van der Waals surface area contributed by atoms with Gasteiger partial charge in [-0.2, -0.15) is 10.2 Å². The maximum atomic E-state index is 8.80. The number of thiophene rings is 1. The summed E-state index contributed by atoms with van der Waals surface area (Å²) in [6.45, 7) is 3.53. The number of fused-ring (bicyclic) bond motifs is 1. The Morgan fingerprint density at radius 2 is 2.09 bits per heavy atom. The third kappa shape index (κ3) is 2.66. The van der Waals surface area contributed by atoms with Gasteiger partial charge in [0.1, 0.15) is 4.83 Å². The SMILES string of the molecule is C=Nc1csc2nc(Nc3ccc(C#N)cc3)nc([O][Al])c12. The molecule has 8 heteroatoms. The summed E-state index contributed by atoms with van der Waals surface area (Å²) in [7, 11) is 0. The van der Waals surface area contributed by atoms with Crippen LogP contribution in [0.3, 0.4) is 0 Å². The number of nitriles is 1. The predicted octanol–water partition coefficient (Wildman–Crippen LogP) is 3.10. The minimum atomic E-state index is 0.409. The number of aliphatic imine (C=N–C) groups is 1. The van der Waals surface area contributed by atoms with Crippen molar-refractivity contribution in [3.05, 3.63) is 35.2 Å². The smallest absolute Gasteiger partial charge is 0.483 e. The first-order valence-corrected chi connectivity index (χ1v) is 7.50. The van der Waals surface area contributed by atoms with Gasteiger partial charge < -0.3 is 9.11 Å². The van der Waals surface area contributed by atoms with Crippen LogP contribution in [0.5, 0.6) is 5.88 Å². The molecule has 0 fully saturated rings. The molecular formula is C14H8AlN5OS. The van der Waals surface area contributed by atoms with Gasteiger partial charge in [0.25, 0.3) is 0 Å². The van der Waals surface area contributed by atoms with Crippen LogP contribution in [0.1, 0.15) is 5.56 Å². The van der Waals surface area contributed by atoms with Crippen LogP contribution in [-0.4, -0.2) is 33.3 Å². The molecule has 2 radical (unpaired) electrons. The first-order chi connectivity index (χ1) is 10.7. The van der Waals surface area contributed by atoms with E-state index >= 15 is 0 Å². The topological polar surface area (TPSA) is 83.2 Å². The standard InChI is InChI=1S/C14H9N5OS.Al/c1-16-10-7-21-13-11(10)12(20)18-14(19-13)17-9-4-2-8(6-15)3-5-9;/h2-5,7H,1H2,(H2,17,18,19,20);/q;+1/p-1. The summed E-state index contributed by atoms with van der Waals surface area (Å²) in [6, 6.07) is 9.10. The summed E-state index contributed by atoms with van der Waals surface area (Å²) in [5.41, 5.74) is 2.07. The molecule has 0 saturated carbocycles. The molecule has 0 unspecified atom stereocenters. The third-order valence-electron chi connectivity index (χ3n) is 2.93. The summed E-state index contributed by atoms with van der Waals surface area (Å²) >= 11 is 3.62. The number of hydrogen-bond acceptors (Lipinski definition) is 7. The van der Waals surface area contributed by atoms with Gasteiger partial charge in [-0.3, -0.25) is 4.99 Å². The highest BCUT2D eigenvalue weighted by Crippen LogP contribution is 2.37. The lowest BCUT2D eigenvalue weighted by molar-refractivity contribution is 0.596. The second kappa shape index (κ2) is 6.12. The normalized spacial score (nSPS) is 10.1. The van der Waals surface area contributed by atoms with E-state index in [1.807, 2.05) is 5.38 Å². The van der Waals surface area contributed by atoms with E-state index in [0.29, 0.717) is 23.1 Å². The number of benzene rings is 1. The number of nitrogens with zero attached hydrogens (tertiary/aromatic N) is 4. The molecule has 104 valence electrons. The Hall–Kier alpha value is -2.45.